The van der Waals surface area contributed by atoms with Gasteiger partial charge >= 0.3 is 0 Å². The van der Waals surface area contributed by atoms with Gasteiger partial charge in [-0.1, -0.05) is 19.1 Å². The van der Waals surface area contributed by atoms with Crippen molar-refractivity contribution in [1.29, 1.82) is 0 Å². The van der Waals surface area contributed by atoms with Gasteiger partial charge in [0.05, 0.1) is 23.6 Å². The summed E-state index contributed by atoms with van der Waals surface area (Å²) in [6.45, 7) is 10.3. The quantitative estimate of drug-likeness (QED) is 0.177. The minimum Gasteiger partial charge on any atom is -0.508 e. The predicted octanol–water partition coefficient (Wildman–Crippen LogP) is 7.41. The lowest BCUT2D eigenvalue weighted by Gasteiger charge is -2.33. The van der Waals surface area contributed by atoms with Crippen LogP contribution in [0.25, 0.3) is 16.7 Å². The largest absolute Gasteiger partial charge is 0.508 e. The van der Waals surface area contributed by atoms with Crippen molar-refractivity contribution in [3.05, 3.63) is 81.4 Å². The van der Waals surface area contributed by atoms with Crippen molar-refractivity contribution in [2.75, 3.05) is 18.2 Å². The van der Waals surface area contributed by atoms with E-state index in [4.69, 9.17) is 9.47 Å². The first-order chi connectivity index (χ1) is 17.5. The van der Waals surface area contributed by atoms with E-state index in [1.807, 2.05) is 32.0 Å². The molecule has 196 valence electrons. The van der Waals surface area contributed by atoms with Gasteiger partial charge in [-0.25, -0.2) is 0 Å². The van der Waals surface area contributed by atoms with Crippen molar-refractivity contribution in [3.63, 3.8) is 0 Å². The fraction of sp³-hybridized carbons (Fsp3) is 0.310. The maximum Gasteiger partial charge on any atom is 0.273 e. The van der Waals surface area contributed by atoms with Gasteiger partial charge in [0.15, 0.2) is 0 Å². The molecule has 0 amide bonds. The summed E-state index contributed by atoms with van der Waals surface area (Å²) in [5.41, 5.74) is 6.33. The van der Waals surface area contributed by atoms with E-state index in [-0.39, 0.29) is 23.6 Å². The number of hydrogen-bond donors (Lipinski definition) is 3. The number of phenolic OH excluding ortho intramolecular Hbond substituents is 1. The number of nitrogens with zero attached hydrogens (tertiary/aromatic N) is 1. The molecule has 0 fully saturated rings. The van der Waals surface area contributed by atoms with Gasteiger partial charge in [-0.05, 0) is 74.4 Å². The van der Waals surface area contributed by atoms with E-state index in [1.165, 1.54) is 12.1 Å². The number of nitrogens with one attached hydrogen (secondary N) is 1. The van der Waals surface area contributed by atoms with Crippen molar-refractivity contribution in [2.45, 2.75) is 46.8 Å². The highest BCUT2D eigenvalue weighted by Gasteiger charge is 2.27. The van der Waals surface area contributed by atoms with Crippen LogP contribution in [0.15, 0.2) is 54.6 Å². The van der Waals surface area contributed by atoms with Crippen molar-refractivity contribution in [1.82, 2.24) is 0 Å². The smallest absolute Gasteiger partial charge is 0.273 e. The molecule has 1 aliphatic rings. The number of phenols is 1. The molecule has 0 aromatic heterocycles. The zero-order chi connectivity index (χ0) is 27.3. The maximum absolute atomic E-state index is 11.3. The van der Waals surface area contributed by atoms with Crippen LogP contribution in [0.2, 0.25) is 0 Å². The molecule has 0 saturated heterocycles. The molecule has 1 heterocycles. The van der Waals surface area contributed by atoms with Gasteiger partial charge < -0.3 is 19.9 Å². The Balaban J connectivity index is 0.00000121. The fourth-order valence-electron chi connectivity index (χ4n) is 4.51. The fourth-order valence-corrected chi connectivity index (χ4v) is 4.51. The molecule has 3 aromatic carbocycles. The van der Waals surface area contributed by atoms with Gasteiger partial charge in [-0.3, -0.25) is 10.1 Å². The number of ether oxygens (including phenoxy) is 2. The lowest BCUT2D eigenvalue weighted by Crippen LogP contribution is -2.32. The molecule has 3 aromatic rings. The first kappa shape index (κ1) is 27.9. The molecule has 8 heteroatoms. The Kier molecular flexibility index (Phi) is 8.76. The summed E-state index contributed by atoms with van der Waals surface area (Å²) in [5, 5.41) is 24.8. The van der Waals surface area contributed by atoms with Crippen molar-refractivity contribution in [3.8, 4) is 28.4 Å². The Morgan fingerprint density at radius 1 is 1.05 bits per heavy atom. The van der Waals surface area contributed by atoms with Crippen LogP contribution in [0.4, 0.5) is 11.4 Å². The molecule has 0 unspecified atom stereocenters. The molecule has 0 bridgehead atoms. The SMILES string of the molecule is CCS.COc1cc(O)ccc1-c1ccc2c(c1COc1cc([N+](=O)[O-])ccc1C)C(C)=CC(C)(C)N2. The number of methoxy groups -OCH3 is 1. The number of thiol groups is 1. The molecule has 4 rings (SSSR count). The topological polar surface area (TPSA) is 93.9 Å². The highest BCUT2D eigenvalue weighted by Crippen LogP contribution is 2.43. The van der Waals surface area contributed by atoms with Gasteiger partial charge in [0.2, 0.25) is 0 Å². The number of anilines is 1. The lowest BCUT2D eigenvalue weighted by molar-refractivity contribution is -0.385. The number of fused-ring (bicyclic) bond motifs is 1. The van der Waals surface area contributed by atoms with Crippen LogP contribution in [-0.2, 0) is 6.61 Å². The first-order valence-corrected chi connectivity index (χ1v) is 12.6. The maximum atomic E-state index is 11.3. The summed E-state index contributed by atoms with van der Waals surface area (Å²) in [6, 6.07) is 13.7. The number of rotatable bonds is 6. The molecule has 1 aliphatic heterocycles. The molecule has 0 saturated carbocycles. The zero-order valence-corrected chi connectivity index (χ0v) is 23.0. The third-order valence-electron chi connectivity index (χ3n) is 5.97. The molecular weight excluding hydrogens is 488 g/mol. The van der Waals surface area contributed by atoms with E-state index in [1.54, 1.807) is 25.3 Å². The number of aromatic hydroxyl groups is 1. The second kappa shape index (κ2) is 11.6. The molecule has 7 nitrogen and oxygen atoms in total. The van der Waals surface area contributed by atoms with Crippen LogP contribution < -0.4 is 14.8 Å². The standard InChI is InChI=1S/C27H28N2O5.C2H6S/c1-16-6-7-18(29(31)32)12-24(16)34-15-22-20(21-9-8-19(30)13-25(21)33-5)10-11-23-26(22)17(2)14-27(3,4)28-23;1-2-3/h6-14,28,30H,15H2,1-5H3;3H,2H2,1H3. The van der Waals surface area contributed by atoms with Crippen molar-refractivity contribution < 1.29 is 19.5 Å². The minimum atomic E-state index is -0.428. The second-order valence-corrected chi connectivity index (χ2v) is 10.0. The van der Waals surface area contributed by atoms with E-state index in [0.717, 1.165) is 44.8 Å². The summed E-state index contributed by atoms with van der Waals surface area (Å²) in [7, 11) is 1.56. The number of aryl methyl sites for hydroxylation is 1. The number of allylic oxidation sites excluding steroid dienone is 1. The number of nitro benzene ring substituents is 1. The van der Waals surface area contributed by atoms with Gasteiger partial charge in [0.25, 0.3) is 5.69 Å². The van der Waals surface area contributed by atoms with E-state index < -0.39 is 4.92 Å². The Morgan fingerprint density at radius 2 is 1.73 bits per heavy atom. The molecule has 0 atom stereocenters. The summed E-state index contributed by atoms with van der Waals surface area (Å²) >= 11 is 3.79. The van der Waals surface area contributed by atoms with Crippen LogP contribution in [0.3, 0.4) is 0 Å². The number of non-ortho nitro benzene ring substituents is 1. The first-order valence-electron chi connectivity index (χ1n) is 12.0. The lowest BCUT2D eigenvalue weighted by atomic mass is 9.85. The molecule has 0 radical (unpaired) electrons. The average Bonchev–Trinajstić information content (AvgIpc) is 2.83. The Labute approximate surface area is 223 Å². The molecular formula is C29H34N2O5S. The predicted molar refractivity (Wildman–Crippen MR) is 153 cm³/mol. The van der Waals surface area contributed by atoms with E-state index >= 15 is 0 Å². The third-order valence-corrected chi connectivity index (χ3v) is 5.97. The summed E-state index contributed by atoms with van der Waals surface area (Å²) < 4.78 is 11.7. The number of hydrogen-bond acceptors (Lipinski definition) is 7. The Bertz CT molecular complexity index is 1330. The van der Waals surface area contributed by atoms with E-state index in [9.17, 15) is 15.2 Å². The van der Waals surface area contributed by atoms with Crippen LogP contribution in [0.1, 0.15) is 44.4 Å². The van der Waals surface area contributed by atoms with Gasteiger partial charge in [0, 0.05) is 34.5 Å². The molecule has 2 N–H and O–H groups in total. The van der Waals surface area contributed by atoms with Crippen LogP contribution >= 0.6 is 12.6 Å². The Hall–Kier alpha value is -3.65. The Morgan fingerprint density at radius 3 is 2.38 bits per heavy atom. The van der Waals surface area contributed by atoms with Crippen molar-refractivity contribution in [2.24, 2.45) is 0 Å². The third kappa shape index (κ3) is 6.38. The number of nitro groups is 1. The van der Waals surface area contributed by atoms with Gasteiger partial charge in [-0.15, -0.1) is 0 Å². The van der Waals surface area contributed by atoms with Crippen molar-refractivity contribution >= 4 is 29.6 Å². The van der Waals surface area contributed by atoms with Gasteiger partial charge in [-0.2, -0.15) is 12.6 Å². The minimum absolute atomic E-state index is 0.0180. The number of benzene rings is 3. The van der Waals surface area contributed by atoms with Crippen LogP contribution in [0.5, 0.6) is 17.2 Å². The van der Waals surface area contributed by atoms with E-state index in [2.05, 4.69) is 44.8 Å². The second-order valence-electron chi connectivity index (χ2n) is 9.38. The summed E-state index contributed by atoms with van der Waals surface area (Å²) in [6.07, 6.45) is 2.18. The zero-order valence-electron chi connectivity index (χ0n) is 22.1. The van der Waals surface area contributed by atoms with Gasteiger partial charge in [0.1, 0.15) is 23.9 Å². The monoisotopic (exact) mass is 522 g/mol. The molecule has 37 heavy (non-hydrogen) atoms. The highest BCUT2D eigenvalue weighted by atomic mass is 32.1. The normalized spacial score (nSPS) is 13.3. The van der Waals surface area contributed by atoms with Crippen LogP contribution in [0, 0.1) is 17.0 Å². The summed E-state index contributed by atoms with van der Waals surface area (Å²) in [5.74, 6) is 2.06. The molecule has 0 aliphatic carbocycles. The van der Waals surface area contributed by atoms with Crippen LogP contribution in [-0.4, -0.2) is 28.4 Å². The average molecular weight is 523 g/mol. The molecule has 0 spiro atoms. The van der Waals surface area contributed by atoms with E-state index in [0.29, 0.717) is 11.5 Å². The highest BCUT2D eigenvalue weighted by molar-refractivity contribution is 7.80. The summed E-state index contributed by atoms with van der Waals surface area (Å²) in [4.78, 5) is 10.8.